The first-order valence-corrected chi connectivity index (χ1v) is 12.1. The van der Waals surface area contributed by atoms with Gasteiger partial charge in [-0.2, -0.15) is 0 Å². The second-order valence-electron chi connectivity index (χ2n) is 7.01. The van der Waals surface area contributed by atoms with E-state index in [0.29, 0.717) is 34.9 Å². The lowest BCUT2D eigenvalue weighted by atomic mass is 10.2. The topological polar surface area (TPSA) is 111 Å². The molecule has 1 aromatic heterocycles. The molecule has 0 unspecified atom stereocenters. The highest BCUT2D eigenvalue weighted by Crippen LogP contribution is 2.20. The van der Waals surface area contributed by atoms with Crippen LogP contribution in [-0.4, -0.2) is 61.7 Å². The van der Waals surface area contributed by atoms with E-state index in [9.17, 15) is 18.0 Å². The molecule has 170 valence electrons. The summed E-state index contributed by atoms with van der Waals surface area (Å²) in [5, 5.41) is 3.66. The summed E-state index contributed by atoms with van der Waals surface area (Å²) < 4.78 is 32.0. The number of para-hydroxylation sites is 1. The Hall–Kier alpha value is -2.73. The minimum atomic E-state index is -3.54. The van der Waals surface area contributed by atoms with Crippen LogP contribution in [0.4, 0.5) is 5.69 Å². The number of hydrogen-bond acceptors (Lipinski definition) is 7. The number of fused-ring (bicyclic) bond motifs is 1. The number of methoxy groups -OCH3 is 1. The lowest BCUT2D eigenvalue weighted by molar-refractivity contribution is -0.113. The van der Waals surface area contributed by atoms with Gasteiger partial charge in [0.05, 0.1) is 34.7 Å². The average Bonchev–Trinajstić information content (AvgIpc) is 2.77. The molecule has 0 aliphatic carbocycles. The molecule has 0 radical (unpaired) electrons. The zero-order valence-corrected chi connectivity index (χ0v) is 19.6. The molecule has 9 nitrogen and oxygen atoms in total. The van der Waals surface area contributed by atoms with Crippen molar-refractivity contribution < 1.29 is 17.9 Å². The summed E-state index contributed by atoms with van der Waals surface area (Å²) >= 11 is 1.15. The number of anilines is 1. The van der Waals surface area contributed by atoms with Crippen molar-refractivity contribution in [2.45, 2.75) is 16.6 Å². The van der Waals surface area contributed by atoms with Gasteiger partial charge in [-0.1, -0.05) is 23.9 Å². The maximum atomic E-state index is 12.9. The van der Waals surface area contributed by atoms with Gasteiger partial charge in [-0.15, -0.1) is 0 Å². The van der Waals surface area contributed by atoms with Gasteiger partial charge in [0.2, 0.25) is 15.9 Å². The van der Waals surface area contributed by atoms with Crippen molar-refractivity contribution in [1.29, 1.82) is 0 Å². The number of hydrogen-bond donors (Lipinski definition) is 1. The van der Waals surface area contributed by atoms with Crippen molar-refractivity contribution >= 4 is 44.3 Å². The SMILES string of the molecule is COCCn1c(SCC(=O)Nc2ccc(S(=O)(=O)N(C)C)cc2)nc2ccccc2c1=O. The van der Waals surface area contributed by atoms with Gasteiger partial charge in [-0.05, 0) is 36.4 Å². The van der Waals surface area contributed by atoms with E-state index in [2.05, 4.69) is 10.3 Å². The summed E-state index contributed by atoms with van der Waals surface area (Å²) in [4.78, 5) is 30.0. The molecule has 1 amide bonds. The van der Waals surface area contributed by atoms with Crippen molar-refractivity contribution in [1.82, 2.24) is 13.9 Å². The average molecular weight is 477 g/mol. The zero-order valence-electron chi connectivity index (χ0n) is 17.9. The number of nitrogens with zero attached hydrogens (tertiary/aromatic N) is 3. The molecule has 32 heavy (non-hydrogen) atoms. The molecular weight excluding hydrogens is 452 g/mol. The van der Waals surface area contributed by atoms with Crippen LogP contribution in [0.1, 0.15) is 0 Å². The highest BCUT2D eigenvalue weighted by Gasteiger charge is 2.17. The van der Waals surface area contributed by atoms with Crippen LogP contribution in [-0.2, 0) is 26.1 Å². The molecular formula is C21H24N4O5S2. The molecule has 2 aromatic carbocycles. The molecule has 0 bridgehead atoms. The first-order valence-electron chi connectivity index (χ1n) is 9.68. The van der Waals surface area contributed by atoms with Crippen molar-refractivity contribution in [3.63, 3.8) is 0 Å². The van der Waals surface area contributed by atoms with E-state index in [4.69, 9.17) is 4.74 Å². The minimum Gasteiger partial charge on any atom is -0.383 e. The summed E-state index contributed by atoms with van der Waals surface area (Å²) in [5.74, 6) is -0.283. The smallest absolute Gasteiger partial charge is 0.262 e. The predicted octanol–water partition coefficient (Wildman–Crippen LogP) is 2.02. The number of ether oxygens (including phenoxy) is 1. The van der Waals surface area contributed by atoms with Gasteiger partial charge >= 0.3 is 0 Å². The maximum Gasteiger partial charge on any atom is 0.262 e. The Kier molecular flexibility index (Phi) is 7.67. The van der Waals surface area contributed by atoms with Gasteiger partial charge < -0.3 is 10.1 Å². The molecule has 1 heterocycles. The van der Waals surface area contributed by atoms with Crippen LogP contribution in [0.2, 0.25) is 0 Å². The number of carbonyl (C=O) groups excluding carboxylic acids is 1. The number of nitrogens with one attached hydrogen (secondary N) is 1. The van der Waals surface area contributed by atoms with E-state index in [1.165, 1.54) is 42.9 Å². The Labute approximate surface area is 190 Å². The summed E-state index contributed by atoms with van der Waals surface area (Å²) in [5.41, 5.74) is 0.844. The van der Waals surface area contributed by atoms with Crippen LogP contribution < -0.4 is 10.9 Å². The van der Waals surface area contributed by atoms with E-state index in [-0.39, 0.29) is 22.1 Å². The van der Waals surface area contributed by atoms with Crippen LogP contribution in [0.15, 0.2) is 63.4 Å². The molecule has 3 aromatic rings. The number of aromatic nitrogens is 2. The van der Waals surface area contributed by atoms with Crippen molar-refractivity contribution in [3.8, 4) is 0 Å². The molecule has 0 spiro atoms. The molecule has 0 atom stereocenters. The van der Waals surface area contributed by atoms with E-state index in [1.807, 2.05) is 0 Å². The van der Waals surface area contributed by atoms with Crippen molar-refractivity contribution in [2.24, 2.45) is 0 Å². The zero-order chi connectivity index (χ0) is 23.3. The summed E-state index contributed by atoms with van der Waals surface area (Å²) in [6, 6.07) is 13.0. The monoisotopic (exact) mass is 476 g/mol. The van der Waals surface area contributed by atoms with Crippen LogP contribution >= 0.6 is 11.8 Å². The highest BCUT2D eigenvalue weighted by molar-refractivity contribution is 7.99. The summed E-state index contributed by atoms with van der Waals surface area (Å²) in [6.07, 6.45) is 0. The Morgan fingerprint density at radius 2 is 1.84 bits per heavy atom. The van der Waals surface area contributed by atoms with E-state index in [1.54, 1.807) is 31.4 Å². The van der Waals surface area contributed by atoms with Crippen LogP contribution in [0.3, 0.4) is 0 Å². The molecule has 0 saturated carbocycles. The van der Waals surface area contributed by atoms with Gasteiger partial charge in [0.1, 0.15) is 0 Å². The molecule has 0 saturated heterocycles. The second kappa shape index (κ2) is 10.3. The number of amides is 1. The molecule has 1 N–H and O–H groups in total. The number of benzene rings is 2. The lowest BCUT2D eigenvalue weighted by Gasteiger charge is -2.13. The second-order valence-corrected chi connectivity index (χ2v) is 10.1. The molecule has 0 fully saturated rings. The Morgan fingerprint density at radius 3 is 2.50 bits per heavy atom. The first kappa shape index (κ1) is 23.9. The van der Waals surface area contributed by atoms with Gasteiger partial charge in [0.25, 0.3) is 5.56 Å². The standard InChI is InChI=1S/C21H24N4O5S2/c1-24(2)32(28,29)16-10-8-15(9-11-16)22-19(26)14-31-21-23-18-7-5-4-6-17(18)20(27)25(21)12-13-30-3/h4-11H,12-14H2,1-3H3,(H,22,26). The predicted molar refractivity (Wildman–Crippen MR) is 125 cm³/mol. The number of thioether (sulfide) groups is 1. The van der Waals surface area contributed by atoms with Gasteiger partial charge in [0, 0.05) is 26.9 Å². The molecule has 0 aliphatic heterocycles. The van der Waals surface area contributed by atoms with E-state index >= 15 is 0 Å². The van der Waals surface area contributed by atoms with E-state index < -0.39 is 10.0 Å². The van der Waals surface area contributed by atoms with Gasteiger partial charge in [-0.25, -0.2) is 17.7 Å². The molecule has 11 heteroatoms. The fourth-order valence-corrected chi connectivity index (χ4v) is 4.61. The number of rotatable bonds is 9. The normalized spacial score (nSPS) is 11.8. The highest BCUT2D eigenvalue weighted by atomic mass is 32.2. The third-order valence-corrected chi connectivity index (χ3v) is 7.40. The van der Waals surface area contributed by atoms with E-state index in [0.717, 1.165) is 16.1 Å². The third kappa shape index (κ3) is 5.36. The number of carbonyl (C=O) groups is 1. The van der Waals surface area contributed by atoms with Crippen LogP contribution in [0.5, 0.6) is 0 Å². The summed E-state index contributed by atoms with van der Waals surface area (Å²) in [7, 11) is 0.920. The Balaban J connectivity index is 1.74. The summed E-state index contributed by atoms with van der Waals surface area (Å²) in [6.45, 7) is 0.654. The maximum absolute atomic E-state index is 12.9. The quantitative estimate of drug-likeness (QED) is 0.372. The third-order valence-electron chi connectivity index (χ3n) is 4.59. The first-order chi connectivity index (χ1) is 15.2. The Morgan fingerprint density at radius 1 is 1.16 bits per heavy atom. The molecule has 3 rings (SSSR count). The lowest BCUT2D eigenvalue weighted by Crippen LogP contribution is -2.26. The fraction of sp³-hybridized carbons (Fsp3) is 0.286. The van der Waals surface area contributed by atoms with Crippen LogP contribution in [0.25, 0.3) is 10.9 Å². The molecule has 0 aliphatic rings. The van der Waals surface area contributed by atoms with Crippen molar-refractivity contribution in [3.05, 3.63) is 58.9 Å². The van der Waals surface area contributed by atoms with Crippen molar-refractivity contribution in [2.75, 3.05) is 38.9 Å². The van der Waals surface area contributed by atoms with Gasteiger partial charge in [0.15, 0.2) is 5.16 Å². The Bertz CT molecular complexity index is 1270. The fourth-order valence-electron chi connectivity index (χ4n) is 2.89. The van der Waals surface area contributed by atoms with Gasteiger partial charge in [-0.3, -0.25) is 14.2 Å². The van der Waals surface area contributed by atoms with Crippen LogP contribution in [0, 0.1) is 0 Å². The minimum absolute atomic E-state index is 0.0233. The largest absolute Gasteiger partial charge is 0.383 e. The number of sulfonamides is 1.